The Balaban J connectivity index is 2.22. The molecule has 2 aromatic rings. The zero-order chi connectivity index (χ0) is 13.0. The smallest absolute Gasteiger partial charge is 0.224 e. The van der Waals surface area contributed by atoms with Crippen molar-refractivity contribution in [2.45, 2.75) is 11.8 Å². The van der Waals surface area contributed by atoms with Crippen LogP contribution in [-0.4, -0.2) is 15.7 Å². The molecule has 0 fully saturated rings. The summed E-state index contributed by atoms with van der Waals surface area (Å²) in [5, 5.41) is 3.74. The van der Waals surface area contributed by atoms with Gasteiger partial charge in [-0.25, -0.2) is 4.98 Å². The van der Waals surface area contributed by atoms with E-state index in [1.54, 1.807) is 11.8 Å². The lowest BCUT2D eigenvalue weighted by Crippen LogP contribution is -1.96. The summed E-state index contributed by atoms with van der Waals surface area (Å²) in [5.41, 5.74) is 0.921. The molecule has 18 heavy (non-hydrogen) atoms. The van der Waals surface area contributed by atoms with Crippen LogP contribution in [0.3, 0.4) is 0 Å². The molecule has 0 unspecified atom stereocenters. The van der Waals surface area contributed by atoms with Crippen molar-refractivity contribution in [2.75, 3.05) is 11.1 Å². The predicted molar refractivity (Wildman–Crippen MR) is 78.2 cm³/mol. The average molecular weight is 300 g/mol. The molecule has 0 saturated carbocycles. The summed E-state index contributed by atoms with van der Waals surface area (Å²) in [6.45, 7) is 2.12. The molecule has 0 aliphatic heterocycles. The van der Waals surface area contributed by atoms with E-state index in [1.807, 2.05) is 18.2 Å². The minimum Gasteiger partial charge on any atom is -0.339 e. The van der Waals surface area contributed by atoms with E-state index in [0.717, 1.165) is 11.4 Å². The molecule has 1 aromatic heterocycles. The lowest BCUT2D eigenvalue weighted by atomic mass is 10.3. The van der Waals surface area contributed by atoms with E-state index in [9.17, 15) is 0 Å². The molecular formula is C12H11Cl2N3S. The van der Waals surface area contributed by atoms with E-state index >= 15 is 0 Å². The first-order valence-corrected chi connectivity index (χ1v) is 7.11. The van der Waals surface area contributed by atoms with E-state index in [-0.39, 0.29) is 5.28 Å². The maximum absolute atomic E-state index is 6.00. The van der Waals surface area contributed by atoms with Gasteiger partial charge in [0.25, 0.3) is 0 Å². The van der Waals surface area contributed by atoms with Crippen LogP contribution < -0.4 is 5.32 Å². The average Bonchev–Trinajstić information content (AvgIpc) is 2.35. The first kappa shape index (κ1) is 13.5. The van der Waals surface area contributed by atoms with Gasteiger partial charge in [-0.05, 0) is 35.6 Å². The fraction of sp³-hybridized carbons (Fsp3) is 0.167. The van der Waals surface area contributed by atoms with Crippen LogP contribution in [0.5, 0.6) is 0 Å². The molecule has 94 valence electrons. The molecule has 0 atom stereocenters. The summed E-state index contributed by atoms with van der Waals surface area (Å²) in [5.74, 6) is 1.54. The Morgan fingerprint density at radius 1 is 1.33 bits per heavy atom. The van der Waals surface area contributed by atoms with Gasteiger partial charge in [0, 0.05) is 10.6 Å². The summed E-state index contributed by atoms with van der Waals surface area (Å²) >= 11 is 13.5. The highest BCUT2D eigenvalue weighted by molar-refractivity contribution is 7.99. The van der Waals surface area contributed by atoms with Crippen molar-refractivity contribution in [2.24, 2.45) is 0 Å². The molecule has 2 rings (SSSR count). The van der Waals surface area contributed by atoms with E-state index in [0.29, 0.717) is 10.8 Å². The molecule has 1 N–H and O–H groups in total. The highest BCUT2D eigenvalue weighted by atomic mass is 35.5. The van der Waals surface area contributed by atoms with Crippen LogP contribution in [0.1, 0.15) is 6.92 Å². The summed E-state index contributed by atoms with van der Waals surface area (Å²) in [6.07, 6.45) is 1.48. The Labute approximate surface area is 120 Å². The lowest BCUT2D eigenvalue weighted by molar-refractivity contribution is 1.17. The summed E-state index contributed by atoms with van der Waals surface area (Å²) in [7, 11) is 0. The van der Waals surface area contributed by atoms with Crippen LogP contribution >= 0.6 is 35.0 Å². The van der Waals surface area contributed by atoms with Gasteiger partial charge in [-0.2, -0.15) is 4.98 Å². The first-order valence-electron chi connectivity index (χ1n) is 5.37. The Morgan fingerprint density at radius 3 is 2.94 bits per heavy atom. The molecule has 3 nitrogen and oxygen atoms in total. The van der Waals surface area contributed by atoms with E-state index in [4.69, 9.17) is 23.2 Å². The van der Waals surface area contributed by atoms with Crippen molar-refractivity contribution < 1.29 is 0 Å². The van der Waals surface area contributed by atoms with Gasteiger partial charge >= 0.3 is 0 Å². The number of thioether (sulfide) groups is 1. The molecule has 0 radical (unpaired) electrons. The number of hydrogen-bond donors (Lipinski definition) is 1. The molecular weight excluding hydrogens is 289 g/mol. The van der Waals surface area contributed by atoms with Crippen molar-refractivity contribution in [3.63, 3.8) is 0 Å². The Bertz CT molecular complexity index is 549. The van der Waals surface area contributed by atoms with Gasteiger partial charge in [-0.15, -0.1) is 11.8 Å². The Morgan fingerprint density at radius 2 is 2.17 bits per heavy atom. The molecule has 0 spiro atoms. The van der Waals surface area contributed by atoms with E-state index < -0.39 is 0 Å². The molecule has 0 saturated heterocycles. The van der Waals surface area contributed by atoms with Crippen molar-refractivity contribution in [1.29, 1.82) is 0 Å². The third-order valence-corrected chi connectivity index (χ3v) is 3.46. The normalized spacial score (nSPS) is 10.4. The molecule has 1 aromatic carbocycles. The van der Waals surface area contributed by atoms with Gasteiger partial charge in [0.05, 0.1) is 6.20 Å². The third kappa shape index (κ3) is 3.51. The maximum atomic E-state index is 6.00. The van der Waals surface area contributed by atoms with Crippen molar-refractivity contribution in [3.05, 3.63) is 40.8 Å². The monoisotopic (exact) mass is 299 g/mol. The van der Waals surface area contributed by atoms with Crippen molar-refractivity contribution in [1.82, 2.24) is 9.97 Å². The summed E-state index contributed by atoms with van der Waals surface area (Å²) < 4.78 is 0. The second-order valence-electron chi connectivity index (χ2n) is 3.42. The molecule has 0 amide bonds. The van der Waals surface area contributed by atoms with E-state index in [1.165, 1.54) is 11.1 Å². The Hall–Kier alpha value is -0.970. The minimum atomic E-state index is 0.168. The third-order valence-electron chi connectivity index (χ3n) is 2.12. The number of hydrogen-bond acceptors (Lipinski definition) is 4. The minimum absolute atomic E-state index is 0.168. The molecule has 0 aliphatic rings. The van der Waals surface area contributed by atoms with Gasteiger partial charge in [0.2, 0.25) is 5.28 Å². The second-order valence-corrected chi connectivity index (χ2v) is 5.50. The second kappa shape index (κ2) is 6.27. The maximum Gasteiger partial charge on any atom is 0.224 e. The molecule has 0 bridgehead atoms. The highest BCUT2D eigenvalue weighted by Gasteiger charge is 2.05. The summed E-state index contributed by atoms with van der Waals surface area (Å²) in [4.78, 5) is 9.05. The van der Waals surface area contributed by atoms with Gasteiger partial charge in [-0.3, -0.25) is 0 Å². The number of nitrogens with one attached hydrogen (secondary N) is 1. The number of anilines is 2. The molecule has 1 heterocycles. The van der Waals surface area contributed by atoms with Gasteiger partial charge in [0.15, 0.2) is 5.82 Å². The first-order chi connectivity index (χ1) is 8.69. The van der Waals surface area contributed by atoms with Crippen LogP contribution in [-0.2, 0) is 0 Å². The number of nitrogens with zero attached hydrogens (tertiary/aromatic N) is 2. The van der Waals surface area contributed by atoms with Crippen LogP contribution in [0.2, 0.25) is 10.3 Å². The largest absolute Gasteiger partial charge is 0.339 e. The van der Waals surface area contributed by atoms with Crippen LogP contribution in [0, 0.1) is 0 Å². The summed E-state index contributed by atoms with van der Waals surface area (Å²) in [6, 6.07) is 8.04. The highest BCUT2D eigenvalue weighted by Crippen LogP contribution is 2.26. The molecule has 6 heteroatoms. The SMILES string of the molecule is CCSc1cccc(Nc2nc(Cl)ncc2Cl)c1. The number of benzene rings is 1. The van der Waals surface area contributed by atoms with Crippen LogP contribution in [0.25, 0.3) is 0 Å². The van der Waals surface area contributed by atoms with Gasteiger partial charge < -0.3 is 5.32 Å². The number of rotatable bonds is 4. The standard InChI is InChI=1S/C12H11Cl2N3S/c1-2-18-9-5-3-4-8(6-9)16-11-10(13)7-15-12(14)17-11/h3-7H,2H2,1H3,(H,15,16,17). The van der Waals surface area contributed by atoms with Gasteiger partial charge in [-0.1, -0.05) is 24.6 Å². The van der Waals surface area contributed by atoms with Crippen LogP contribution in [0.15, 0.2) is 35.4 Å². The lowest BCUT2D eigenvalue weighted by Gasteiger charge is -2.08. The van der Waals surface area contributed by atoms with E-state index in [2.05, 4.69) is 28.3 Å². The fourth-order valence-electron chi connectivity index (χ4n) is 1.40. The topological polar surface area (TPSA) is 37.8 Å². The number of halogens is 2. The predicted octanol–water partition coefficient (Wildman–Crippen LogP) is 4.64. The van der Waals surface area contributed by atoms with Crippen molar-refractivity contribution in [3.8, 4) is 0 Å². The Kier molecular flexibility index (Phi) is 4.69. The zero-order valence-electron chi connectivity index (χ0n) is 9.65. The zero-order valence-corrected chi connectivity index (χ0v) is 12.0. The van der Waals surface area contributed by atoms with Gasteiger partial charge in [0.1, 0.15) is 5.02 Å². The fourth-order valence-corrected chi connectivity index (χ4v) is 2.39. The number of aromatic nitrogens is 2. The molecule has 0 aliphatic carbocycles. The van der Waals surface area contributed by atoms with Crippen LogP contribution in [0.4, 0.5) is 11.5 Å². The van der Waals surface area contributed by atoms with Crippen molar-refractivity contribution >= 4 is 46.5 Å². The quantitative estimate of drug-likeness (QED) is 0.659.